The Hall–Kier alpha value is -0.740. The maximum atomic E-state index is 12.5. The molecular formula is C30H43IO6. The minimum absolute atomic E-state index is 0.0786. The van der Waals surface area contributed by atoms with Crippen molar-refractivity contribution in [3.8, 4) is 5.75 Å². The number of ether oxygens (including phenoxy) is 1. The Labute approximate surface area is 235 Å². The van der Waals surface area contributed by atoms with Gasteiger partial charge in [-0.1, -0.05) is 39.0 Å². The molecule has 4 saturated carbocycles. The second-order valence-corrected chi connectivity index (χ2v) is 13.5. The van der Waals surface area contributed by atoms with Gasteiger partial charge < -0.3 is 23.1 Å². The van der Waals surface area contributed by atoms with E-state index in [1.165, 1.54) is 0 Å². The second kappa shape index (κ2) is 10.7. The maximum Gasteiger partial charge on any atom is 0.311 e. The fourth-order valence-corrected chi connectivity index (χ4v) is 10.3. The summed E-state index contributed by atoms with van der Waals surface area (Å²) in [7, 11) is 0. The van der Waals surface area contributed by atoms with Crippen molar-refractivity contribution in [2.45, 2.75) is 96.6 Å². The van der Waals surface area contributed by atoms with Gasteiger partial charge in [-0.25, -0.2) is 0 Å². The number of hydrogen-bond acceptors (Lipinski definition) is 6. The van der Waals surface area contributed by atoms with E-state index in [1.54, 1.807) is 12.1 Å². The second-order valence-electron chi connectivity index (χ2n) is 13.0. The van der Waals surface area contributed by atoms with E-state index in [0.717, 1.165) is 19.3 Å². The summed E-state index contributed by atoms with van der Waals surface area (Å²) >= 11 is 1.98. The van der Waals surface area contributed by atoms with Crippen LogP contribution in [0.5, 0.6) is 5.75 Å². The molecule has 206 valence electrons. The van der Waals surface area contributed by atoms with Gasteiger partial charge in [0.05, 0.1) is 24.4 Å². The third-order valence-electron chi connectivity index (χ3n) is 11.5. The lowest BCUT2D eigenvalue weighted by Crippen LogP contribution is -2.65. The maximum absolute atomic E-state index is 12.5. The van der Waals surface area contributed by atoms with Crippen LogP contribution < -0.4 is 4.74 Å². The van der Waals surface area contributed by atoms with Crippen LogP contribution in [0.2, 0.25) is 0 Å². The molecule has 0 saturated heterocycles. The van der Waals surface area contributed by atoms with Gasteiger partial charge in [-0.2, -0.15) is 0 Å². The molecule has 0 amide bonds. The molecule has 12 atom stereocenters. The number of esters is 1. The topological polar surface area (TPSA) is 96.2 Å². The zero-order valence-corrected chi connectivity index (χ0v) is 24.4. The predicted molar refractivity (Wildman–Crippen MR) is 149 cm³/mol. The van der Waals surface area contributed by atoms with Gasteiger partial charge in [0.2, 0.25) is 0 Å². The van der Waals surface area contributed by atoms with Crippen LogP contribution in [0.3, 0.4) is 0 Å². The first kappa shape index (κ1) is 27.8. The zero-order valence-electron chi connectivity index (χ0n) is 22.3. The molecule has 4 aliphatic carbocycles. The van der Waals surface area contributed by atoms with Gasteiger partial charge in [0.1, 0.15) is 28.8 Å². The van der Waals surface area contributed by atoms with Crippen LogP contribution in [0.15, 0.2) is 30.3 Å². The van der Waals surface area contributed by atoms with E-state index >= 15 is 0 Å². The van der Waals surface area contributed by atoms with E-state index < -0.39 is 18.3 Å². The lowest BCUT2D eigenvalue weighted by atomic mass is 9.42. The highest BCUT2D eigenvalue weighted by Crippen LogP contribution is 2.68. The molecule has 37 heavy (non-hydrogen) atoms. The molecule has 0 heterocycles. The number of fused-ring (bicyclic) bond motifs is 5. The smallest absolute Gasteiger partial charge is 0.311 e. The van der Waals surface area contributed by atoms with E-state index in [2.05, 4.69) is 20.8 Å². The number of hydrogen-bond donors (Lipinski definition) is 3. The first-order valence-corrected chi connectivity index (χ1v) is 15.1. The number of aliphatic hydroxyl groups excluding tert-OH is 3. The van der Waals surface area contributed by atoms with Crippen molar-refractivity contribution in [3.05, 3.63) is 30.3 Å². The fraction of sp³-hybridized carbons (Fsp3) is 0.767. The third kappa shape index (κ3) is 4.68. The monoisotopic (exact) mass is 626 g/mol. The fourth-order valence-electron chi connectivity index (χ4n) is 9.52. The van der Waals surface area contributed by atoms with Crippen LogP contribution in [0.1, 0.15) is 72.1 Å². The van der Waals surface area contributed by atoms with Crippen molar-refractivity contribution in [1.29, 1.82) is 0 Å². The van der Waals surface area contributed by atoms with Crippen molar-refractivity contribution in [2.24, 2.45) is 46.3 Å². The first-order valence-electron chi connectivity index (χ1n) is 14.2. The van der Waals surface area contributed by atoms with E-state index in [1.807, 2.05) is 41.2 Å². The third-order valence-corrected chi connectivity index (χ3v) is 12.1. The molecule has 7 heteroatoms. The standard InChI is InChI=1S/C30H43IO6/c1-17(9-12-27(35)36-20-7-5-4-6-8-20)21-10-11-22-28-23(16-25(34)30(21,22)3)29(2)18(14-24(28)33)13-19(32)15-26(29)37-31/h4-8,17-19,21-26,28,32-34H,9-16H2,1-3H3/t17-,18+,19+,21-,22+,23+,24-,25+,26?,28+,29+,30-/m1/s1. The van der Waals surface area contributed by atoms with Crippen LogP contribution in [0.25, 0.3) is 0 Å². The number of para-hydroxylation sites is 1. The van der Waals surface area contributed by atoms with E-state index in [0.29, 0.717) is 43.8 Å². The van der Waals surface area contributed by atoms with E-state index in [4.69, 9.17) is 7.80 Å². The zero-order chi connectivity index (χ0) is 26.5. The van der Waals surface area contributed by atoms with Crippen molar-refractivity contribution >= 4 is 29.0 Å². The number of aliphatic hydroxyl groups is 3. The number of carbonyl (C=O) groups is 1. The van der Waals surface area contributed by atoms with Crippen molar-refractivity contribution in [3.63, 3.8) is 0 Å². The summed E-state index contributed by atoms with van der Waals surface area (Å²) in [5.74, 6) is 1.63. The minimum Gasteiger partial charge on any atom is -0.427 e. The molecule has 0 aliphatic heterocycles. The van der Waals surface area contributed by atoms with Crippen molar-refractivity contribution in [2.75, 3.05) is 0 Å². The van der Waals surface area contributed by atoms with Crippen LogP contribution in [0.4, 0.5) is 0 Å². The number of benzene rings is 1. The van der Waals surface area contributed by atoms with Gasteiger partial charge in [0.25, 0.3) is 0 Å². The largest absolute Gasteiger partial charge is 0.427 e. The Bertz CT molecular complexity index is 959. The summed E-state index contributed by atoms with van der Waals surface area (Å²) in [5.41, 5.74) is -0.458. The Morgan fingerprint density at radius 3 is 2.46 bits per heavy atom. The molecule has 0 bridgehead atoms. The SMILES string of the molecule is C[C@H](CCC(=O)Oc1ccccc1)[C@H]1CC[C@H]2[C@@H]3[C@H](O)C[C@@H]4C[C@H](O)CC(OI)[C@]4(C)[C@H]3C[C@H](O)[C@]12C. The molecule has 1 aromatic rings. The Morgan fingerprint density at radius 2 is 1.76 bits per heavy atom. The highest BCUT2D eigenvalue weighted by molar-refractivity contribution is 14.1. The number of halogens is 1. The lowest BCUT2D eigenvalue weighted by molar-refractivity contribution is -0.226. The summed E-state index contributed by atoms with van der Waals surface area (Å²) in [6.45, 7) is 6.75. The summed E-state index contributed by atoms with van der Waals surface area (Å²) in [4.78, 5) is 12.5. The van der Waals surface area contributed by atoms with Crippen molar-refractivity contribution < 1.29 is 27.9 Å². The molecule has 5 rings (SSSR count). The van der Waals surface area contributed by atoms with Gasteiger partial charge in [0.15, 0.2) is 0 Å². The van der Waals surface area contributed by atoms with Crippen LogP contribution >= 0.6 is 23.0 Å². The number of carbonyl (C=O) groups excluding carboxylic acids is 1. The first-order chi connectivity index (χ1) is 17.6. The van der Waals surface area contributed by atoms with Crippen molar-refractivity contribution in [1.82, 2.24) is 0 Å². The van der Waals surface area contributed by atoms with Gasteiger partial charge in [0, 0.05) is 18.3 Å². The molecular weight excluding hydrogens is 583 g/mol. The summed E-state index contributed by atoms with van der Waals surface area (Å²) in [5, 5.41) is 33.8. The predicted octanol–water partition coefficient (Wildman–Crippen LogP) is 5.31. The molecule has 1 unspecified atom stereocenters. The molecule has 6 nitrogen and oxygen atoms in total. The summed E-state index contributed by atoms with van der Waals surface area (Å²) in [6, 6.07) is 9.19. The number of rotatable bonds is 6. The Morgan fingerprint density at radius 1 is 1.03 bits per heavy atom. The molecule has 0 radical (unpaired) electrons. The molecule has 0 spiro atoms. The molecule has 3 N–H and O–H groups in total. The summed E-state index contributed by atoms with van der Waals surface area (Å²) < 4.78 is 11.5. The van der Waals surface area contributed by atoms with Gasteiger partial charge >= 0.3 is 5.97 Å². The average Bonchev–Trinajstić information content (AvgIpc) is 3.23. The highest BCUT2D eigenvalue weighted by atomic mass is 127. The highest BCUT2D eigenvalue weighted by Gasteiger charge is 2.67. The van der Waals surface area contributed by atoms with Crippen LogP contribution in [-0.4, -0.2) is 45.7 Å². The van der Waals surface area contributed by atoms with Crippen LogP contribution in [0, 0.1) is 46.3 Å². The summed E-state index contributed by atoms with van der Waals surface area (Å²) in [6.07, 6.45) is 4.39. The molecule has 4 fully saturated rings. The van der Waals surface area contributed by atoms with Gasteiger partial charge in [-0.3, -0.25) is 4.79 Å². The normalized spacial score (nSPS) is 45.9. The minimum atomic E-state index is -0.463. The van der Waals surface area contributed by atoms with E-state index in [9.17, 15) is 20.1 Å². The van der Waals surface area contributed by atoms with Crippen LogP contribution in [-0.2, 0) is 7.86 Å². The Kier molecular flexibility index (Phi) is 8.03. The lowest BCUT2D eigenvalue weighted by Gasteiger charge is -2.64. The average molecular weight is 627 g/mol. The van der Waals surface area contributed by atoms with Gasteiger partial charge in [-0.05, 0) is 91.6 Å². The molecule has 1 aromatic carbocycles. The van der Waals surface area contributed by atoms with E-state index in [-0.39, 0.29) is 52.5 Å². The Balaban J connectivity index is 1.32. The quantitative estimate of drug-likeness (QED) is 0.225. The molecule has 4 aliphatic rings. The van der Waals surface area contributed by atoms with Gasteiger partial charge in [-0.15, -0.1) is 0 Å². The molecule has 0 aromatic heterocycles.